The van der Waals surface area contributed by atoms with Crippen LogP contribution in [0.3, 0.4) is 0 Å². The molecule has 5 rings (SSSR count). The number of fused-ring (bicyclic) bond motifs is 2. The fourth-order valence-corrected chi connectivity index (χ4v) is 6.21. The molecular formula is C26H19F3N2O7S2. The molecule has 9 nitrogen and oxygen atoms in total. The third-order valence-corrected chi connectivity index (χ3v) is 9.04. The number of hydrogen-bond donors (Lipinski definition) is 0. The topological polar surface area (TPSA) is 120 Å². The second-order valence-corrected chi connectivity index (χ2v) is 12.3. The molecule has 0 aliphatic carbocycles. The van der Waals surface area contributed by atoms with Gasteiger partial charge in [-0.1, -0.05) is 29.8 Å². The summed E-state index contributed by atoms with van der Waals surface area (Å²) in [4.78, 5) is 26.5. The largest absolute Gasteiger partial charge is 0.534 e. The SMILES string of the molecule is Cc1ccc(S(=O)(=O)n2cc(CCN3C(=O)c4ccccc4C3=O)c3cc(OS(=O)(=O)C(F)(F)F)ccc32)cc1. The van der Waals surface area contributed by atoms with E-state index >= 15 is 0 Å². The Labute approximate surface area is 226 Å². The number of benzene rings is 3. The molecule has 1 aromatic heterocycles. The molecule has 2 heterocycles. The normalized spacial score (nSPS) is 14.2. The van der Waals surface area contributed by atoms with Crippen molar-refractivity contribution >= 4 is 42.9 Å². The summed E-state index contributed by atoms with van der Waals surface area (Å²) in [7, 11) is -10.2. The molecule has 0 saturated carbocycles. The summed E-state index contributed by atoms with van der Waals surface area (Å²) in [5.41, 5.74) is -4.20. The molecule has 4 aromatic rings. The fraction of sp³-hybridized carbons (Fsp3) is 0.154. The first kappa shape index (κ1) is 27.4. The number of rotatable bonds is 7. The highest BCUT2D eigenvalue weighted by molar-refractivity contribution is 7.90. The Morgan fingerprint density at radius 3 is 2.02 bits per heavy atom. The second kappa shape index (κ2) is 9.48. The highest BCUT2D eigenvalue weighted by Crippen LogP contribution is 2.33. The minimum atomic E-state index is -5.99. The van der Waals surface area contributed by atoms with Crippen molar-refractivity contribution in [2.24, 2.45) is 0 Å². The van der Waals surface area contributed by atoms with Gasteiger partial charge in [-0.3, -0.25) is 14.5 Å². The molecular weight excluding hydrogens is 573 g/mol. The number of imide groups is 1. The Hall–Kier alpha value is -4.17. The van der Waals surface area contributed by atoms with E-state index in [1.54, 1.807) is 31.2 Å². The van der Waals surface area contributed by atoms with Crippen LogP contribution in [0.5, 0.6) is 5.75 Å². The highest BCUT2D eigenvalue weighted by Gasteiger charge is 2.48. The van der Waals surface area contributed by atoms with Gasteiger partial charge in [0.15, 0.2) is 0 Å². The van der Waals surface area contributed by atoms with E-state index in [-0.39, 0.29) is 45.5 Å². The molecule has 0 atom stereocenters. The predicted molar refractivity (Wildman–Crippen MR) is 137 cm³/mol. The molecule has 0 bridgehead atoms. The van der Waals surface area contributed by atoms with Gasteiger partial charge in [-0.05, 0) is 61.4 Å². The third kappa shape index (κ3) is 4.62. The molecule has 40 heavy (non-hydrogen) atoms. The van der Waals surface area contributed by atoms with Crippen LogP contribution in [0.15, 0.2) is 77.8 Å². The van der Waals surface area contributed by atoms with E-state index in [0.29, 0.717) is 0 Å². The zero-order valence-corrected chi connectivity index (χ0v) is 22.2. The zero-order valence-electron chi connectivity index (χ0n) is 20.5. The summed E-state index contributed by atoms with van der Waals surface area (Å²) >= 11 is 0. The summed E-state index contributed by atoms with van der Waals surface area (Å²) in [5.74, 6) is -1.79. The van der Waals surface area contributed by atoms with E-state index in [1.165, 1.54) is 30.5 Å². The Bertz CT molecular complexity index is 1860. The first-order chi connectivity index (χ1) is 18.7. The Morgan fingerprint density at radius 2 is 1.45 bits per heavy atom. The van der Waals surface area contributed by atoms with Crippen LogP contribution in [-0.2, 0) is 26.6 Å². The monoisotopic (exact) mass is 592 g/mol. The number of alkyl halides is 3. The van der Waals surface area contributed by atoms with E-state index in [4.69, 9.17) is 0 Å². The summed E-state index contributed by atoms with van der Waals surface area (Å²) in [6, 6.07) is 15.2. The minimum absolute atomic E-state index is 0.0229. The van der Waals surface area contributed by atoms with Crippen LogP contribution in [0.25, 0.3) is 10.9 Å². The van der Waals surface area contributed by atoms with Crippen molar-refractivity contribution in [3.8, 4) is 5.75 Å². The smallest absolute Gasteiger partial charge is 0.376 e. The van der Waals surface area contributed by atoms with Crippen molar-refractivity contribution in [3.05, 3.63) is 95.2 Å². The molecule has 0 spiro atoms. The molecule has 0 unspecified atom stereocenters. The first-order valence-corrected chi connectivity index (χ1v) is 14.5. The van der Waals surface area contributed by atoms with E-state index < -0.39 is 43.2 Å². The fourth-order valence-electron chi connectivity index (χ4n) is 4.37. The average molecular weight is 593 g/mol. The zero-order chi connectivity index (χ0) is 29.0. The van der Waals surface area contributed by atoms with Gasteiger partial charge in [0.25, 0.3) is 21.8 Å². The number of carbonyl (C=O) groups is 2. The molecule has 0 saturated heterocycles. The quantitative estimate of drug-likeness (QED) is 0.179. The second-order valence-electron chi connectivity index (χ2n) is 8.99. The van der Waals surface area contributed by atoms with Crippen LogP contribution >= 0.6 is 0 Å². The van der Waals surface area contributed by atoms with Crippen molar-refractivity contribution in [2.75, 3.05) is 6.54 Å². The maximum atomic E-state index is 13.5. The lowest BCUT2D eigenvalue weighted by Crippen LogP contribution is -2.31. The number of nitrogens with zero attached hydrogens (tertiary/aromatic N) is 2. The molecule has 208 valence electrons. The van der Waals surface area contributed by atoms with E-state index in [2.05, 4.69) is 4.18 Å². The maximum Gasteiger partial charge on any atom is 0.534 e. The van der Waals surface area contributed by atoms with Gasteiger partial charge in [0.1, 0.15) is 5.75 Å². The van der Waals surface area contributed by atoms with E-state index in [0.717, 1.165) is 32.6 Å². The summed E-state index contributed by atoms with van der Waals surface area (Å²) in [5, 5.41) is 0.0576. The highest BCUT2D eigenvalue weighted by atomic mass is 32.2. The van der Waals surface area contributed by atoms with Crippen molar-refractivity contribution in [3.63, 3.8) is 0 Å². The van der Waals surface area contributed by atoms with Gasteiger partial charge in [-0.25, -0.2) is 12.4 Å². The number of aryl methyl sites for hydroxylation is 1. The van der Waals surface area contributed by atoms with Gasteiger partial charge in [0, 0.05) is 18.1 Å². The summed E-state index contributed by atoms with van der Waals surface area (Å²) < 4.78 is 94.0. The van der Waals surface area contributed by atoms with Crippen molar-refractivity contribution in [2.45, 2.75) is 23.7 Å². The molecule has 0 N–H and O–H groups in total. The predicted octanol–water partition coefficient (Wildman–Crippen LogP) is 4.25. The van der Waals surface area contributed by atoms with Gasteiger partial charge in [0.05, 0.1) is 21.5 Å². The standard InChI is InChI=1S/C26H19F3N2O7S2/c1-16-6-9-19(10-7-16)39(34,35)31-15-17(12-13-30-24(32)20-4-2-3-5-21(20)25(30)33)22-14-18(8-11-23(22)31)38-40(36,37)26(27,28)29/h2-11,14-15H,12-13H2,1H3. The van der Waals surface area contributed by atoms with Crippen molar-refractivity contribution < 1.29 is 43.8 Å². The number of aromatic nitrogens is 1. The molecule has 1 aliphatic rings. The molecule has 0 radical (unpaired) electrons. The van der Waals surface area contributed by atoms with Gasteiger partial charge in [-0.15, -0.1) is 0 Å². The number of halogens is 3. The molecule has 2 amide bonds. The molecule has 0 fully saturated rings. The lowest BCUT2D eigenvalue weighted by molar-refractivity contribution is -0.0500. The van der Waals surface area contributed by atoms with Crippen LogP contribution < -0.4 is 4.18 Å². The van der Waals surface area contributed by atoms with Crippen LogP contribution in [-0.4, -0.2) is 49.6 Å². The number of hydrogen-bond acceptors (Lipinski definition) is 7. The number of amides is 2. The summed E-state index contributed by atoms with van der Waals surface area (Å²) in [6.07, 6.45) is 1.13. The van der Waals surface area contributed by atoms with Crippen LogP contribution in [0.4, 0.5) is 13.2 Å². The summed E-state index contributed by atoms with van der Waals surface area (Å²) in [6.45, 7) is 1.59. The molecule has 14 heteroatoms. The number of carbonyl (C=O) groups excluding carboxylic acids is 2. The lowest BCUT2D eigenvalue weighted by atomic mass is 10.1. The van der Waals surface area contributed by atoms with Gasteiger partial charge in [-0.2, -0.15) is 21.6 Å². The van der Waals surface area contributed by atoms with Crippen LogP contribution in [0, 0.1) is 6.92 Å². The van der Waals surface area contributed by atoms with Gasteiger partial charge in [0.2, 0.25) is 0 Å². The van der Waals surface area contributed by atoms with E-state index in [9.17, 15) is 39.6 Å². The van der Waals surface area contributed by atoms with Crippen LogP contribution in [0.1, 0.15) is 31.8 Å². The first-order valence-electron chi connectivity index (χ1n) is 11.6. The third-order valence-electron chi connectivity index (χ3n) is 6.37. The molecule has 1 aliphatic heterocycles. The minimum Gasteiger partial charge on any atom is -0.376 e. The molecule has 3 aromatic carbocycles. The Kier molecular flexibility index (Phi) is 6.50. The van der Waals surface area contributed by atoms with Crippen LogP contribution in [0.2, 0.25) is 0 Å². The van der Waals surface area contributed by atoms with Gasteiger partial charge < -0.3 is 4.18 Å². The van der Waals surface area contributed by atoms with Crippen molar-refractivity contribution in [1.29, 1.82) is 0 Å². The van der Waals surface area contributed by atoms with Gasteiger partial charge >= 0.3 is 15.6 Å². The lowest BCUT2D eigenvalue weighted by Gasteiger charge is -2.13. The average Bonchev–Trinajstić information content (AvgIpc) is 3.37. The van der Waals surface area contributed by atoms with Crippen molar-refractivity contribution in [1.82, 2.24) is 8.87 Å². The maximum absolute atomic E-state index is 13.5. The Morgan fingerprint density at radius 1 is 0.850 bits per heavy atom. The van der Waals surface area contributed by atoms with E-state index in [1.807, 2.05) is 0 Å². The Balaban J connectivity index is 1.57.